The second-order valence-corrected chi connectivity index (χ2v) is 5.21. The van der Waals surface area contributed by atoms with Crippen LogP contribution in [0, 0.1) is 25.2 Å². The highest BCUT2D eigenvalue weighted by molar-refractivity contribution is 7.12. The molecule has 0 spiro atoms. The summed E-state index contributed by atoms with van der Waals surface area (Å²) in [6.45, 7) is 8.25. The van der Waals surface area contributed by atoms with Crippen LogP contribution in [0.25, 0.3) is 0 Å². The molecule has 0 amide bonds. The fourth-order valence-corrected chi connectivity index (χ4v) is 2.43. The van der Waals surface area contributed by atoms with Crippen molar-refractivity contribution in [2.45, 2.75) is 39.8 Å². The van der Waals surface area contributed by atoms with Gasteiger partial charge in [0.05, 0.1) is 6.07 Å². The molecular formula is C11H16N2S. The van der Waals surface area contributed by atoms with Gasteiger partial charge in [-0.15, -0.1) is 11.3 Å². The van der Waals surface area contributed by atoms with Crippen molar-refractivity contribution in [2.75, 3.05) is 0 Å². The Kier molecular flexibility index (Phi) is 3.68. The minimum atomic E-state index is -0.167. The van der Waals surface area contributed by atoms with E-state index in [4.69, 9.17) is 5.26 Å². The summed E-state index contributed by atoms with van der Waals surface area (Å²) in [5.74, 6) is 0. The molecule has 2 nitrogen and oxygen atoms in total. The predicted molar refractivity (Wildman–Crippen MR) is 60.4 cm³/mol. The summed E-state index contributed by atoms with van der Waals surface area (Å²) in [6, 6.07) is 4.57. The van der Waals surface area contributed by atoms with E-state index in [1.165, 1.54) is 9.75 Å². The Balaban J connectivity index is 2.90. The van der Waals surface area contributed by atoms with E-state index in [0.29, 0.717) is 6.04 Å². The van der Waals surface area contributed by atoms with Crippen molar-refractivity contribution in [3.05, 3.63) is 21.4 Å². The molecule has 0 aromatic carbocycles. The molecule has 1 heterocycles. The van der Waals surface area contributed by atoms with E-state index in [9.17, 15) is 0 Å². The van der Waals surface area contributed by atoms with Crippen LogP contribution >= 0.6 is 11.3 Å². The van der Waals surface area contributed by atoms with Crippen molar-refractivity contribution in [2.24, 2.45) is 0 Å². The molecule has 0 aliphatic rings. The average Bonchev–Trinajstić information content (AvgIpc) is 2.41. The lowest BCUT2D eigenvalue weighted by Gasteiger charge is -2.14. The Morgan fingerprint density at radius 3 is 2.43 bits per heavy atom. The van der Waals surface area contributed by atoms with Gasteiger partial charge in [0.1, 0.15) is 6.04 Å². The van der Waals surface area contributed by atoms with Gasteiger partial charge in [0.2, 0.25) is 0 Å². The number of nitriles is 1. The number of aryl methyl sites for hydroxylation is 2. The van der Waals surface area contributed by atoms with Crippen LogP contribution < -0.4 is 5.32 Å². The molecule has 76 valence electrons. The third-order valence-electron chi connectivity index (χ3n) is 2.02. The Morgan fingerprint density at radius 1 is 1.43 bits per heavy atom. The van der Waals surface area contributed by atoms with E-state index < -0.39 is 0 Å². The van der Waals surface area contributed by atoms with E-state index in [1.807, 2.05) is 0 Å². The van der Waals surface area contributed by atoms with E-state index in [2.05, 4.69) is 45.1 Å². The van der Waals surface area contributed by atoms with Gasteiger partial charge in [0.15, 0.2) is 0 Å². The van der Waals surface area contributed by atoms with Gasteiger partial charge in [-0.25, -0.2) is 0 Å². The van der Waals surface area contributed by atoms with E-state index in [1.54, 1.807) is 11.3 Å². The molecule has 0 fully saturated rings. The lowest BCUT2D eigenvalue weighted by Crippen LogP contribution is -2.27. The first kappa shape index (κ1) is 11.2. The highest BCUT2D eigenvalue weighted by Gasteiger charge is 2.15. The zero-order valence-corrected chi connectivity index (χ0v) is 9.90. The van der Waals surface area contributed by atoms with Gasteiger partial charge in [-0.3, -0.25) is 5.32 Å². The number of nitrogens with one attached hydrogen (secondary N) is 1. The molecule has 1 aromatic heterocycles. The smallest absolute Gasteiger partial charge is 0.122 e. The van der Waals surface area contributed by atoms with Crippen molar-refractivity contribution in [3.63, 3.8) is 0 Å². The summed E-state index contributed by atoms with van der Waals surface area (Å²) >= 11 is 1.75. The molecule has 1 rings (SSSR count). The van der Waals surface area contributed by atoms with Gasteiger partial charge >= 0.3 is 0 Å². The molecule has 14 heavy (non-hydrogen) atoms. The number of hydrogen-bond donors (Lipinski definition) is 1. The summed E-state index contributed by atoms with van der Waals surface area (Å²) in [5.41, 5.74) is 1.13. The molecule has 1 N–H and O–H groups in total. The Bertz CT molecular complexity index is 347. The first-order chi connectivity index (χ1) is 6.54. The third kappa shape index (κ3) is 2.57. The van der Waals surface area contributed by atoms with Gasteiger partial charge in [-0.1, -0.05) is 0 Å². The monoisotopic (exact) mass is 208 g/mol. The largest absolute Gasteiger partial charge is 0.296 e. The molecule has 0 saturated heterocycles. The van der Waals surface area contributed by atoms with Crippen LogP contribution in [-0.4, -0.2) is 6.04 Å². The van der Waals surface area contributed by atoms with E-state index in [0.717, 1.165) is 5.56 Å². The summed E-state index contributed by atoms with van der Waals surface area (Å²) in [5, 5.41) is 12.3. The lowest BCUT2D eigenvalue weighted by atomic mass is 10.1. The SMILES string of the molecule is Cc1cc(C(C#N)NC(C)C)c(C)s1. The van der Waals surface area contributed by atoms with Gasteiger partial charge in [-0.05, 0) is 39.3 Å². The zero-order valence-electron chi connectivity index (χ0n) is 9.09. The minimum Gasteiger partial charge on any atom is -0.296 e. The second-order valence-electron chi connectivity index (χ2n) is 3.75. The molecule has 1 atom stereocenters. The maximum atomic E-state index is 9.05. The number of nitrogens with zero attached hydrogens (tertiary/aromatic N) is 1. The topological polar surface area (TPSA) is 35.8 Å². The second kappa shape index (κ2) is 4.59. The fraction of sp³-hybridized carbons (Fsp3) is 0.545. The first-order valence-corrected chi connectivity index (χ1v) is 5.59. The van der Waals surface area contributed by atoms with Gasteiger partial charge in [0.25, 0.3) is 0 Å². The van der Waals surface area contributed by atoms with Gasteiger partial charge in [0, 0.05) is 15.8 Å². The van der Waals surface area contributed by atoms with E-state index >= 15 is 0 Å². The molecule has 0 saturated carbocycles. The maximum absolute atomic E-state index is 9.05. The molecule has 3 heteroatoms. The maximum Gasteiger partial charge on any atom is 0.122 e. The van der Waals surface area contributed by atoms with Crippen molar-refractivity contribution >= 4 is 11.3 Å². The molecule has 1 aromatic rings. The highest BCUT2D eigenvalue weighted by Crippen LogP contribution is 2.26. The summed E-state index contributed by atoms with van der Waals surface area (Å²) in [4.78, 5) is 2.51. The summed E-state index contributed by atoms with van der Waals surface area (Å²) in [7, 11) is 0. The molecule has 0 aliphatic heterocycles. The molecule has 0 radical (unpaired) electrons. The van der Waals surface area contributed by atoms with Crippen LogP contribution in [0.1, 0.15) is 35.2 Å². The Hall–Kier alpha value is -0.850. The van der Waals surface area contributed by atoms with Gasteiger partial charge < -0.3 is 0 Å². The van der Waals surface area contributed by atoms with Crippen molar-refractivity contribution < 1.29 is 0 Å². The average molecular weight is 208 g/mol. The van der Waals surface area contributed by atoms with Crippen LogP contribution in [0.5, 0.6) is 0 Å². The summed E-state index contributed by atoms with van der Waals surface area (Å²) in [6.07, 6.45) is 0. The fourth-order valence-electron chi connectivity index (χ4n) is 1.47. The molecular weight excluding hydrogens is 192 g/mol. The Labute approximate surface area is 89.6 Å². The lowest BCUT2D eigenvalue weighted by molar-refractivity contribution is 0.546. The highest BCUT2D eigenvalue weighted by atomic mass is 32.1. The zero-order chi connectivity index (χ0) is 10.7. The molecule has 1 unspecified atom stereocenters. The van der Waals surface area contributed by atoms with Crippen LogP contribution in [0.4, 0.5) is 0 Å². The minimum absolute atomic E-state index is 0.167. The molecule has 0 bridgehead atoms. The summed E-state index contributed by atoms with van der Waals surface area (Å²) < 4.78 is 0. The number of rotatable bonds is 3. The Morgan fingerprint density at radius 2 is 2.07 bits per heavy atom. The van der Waals surface area contributed by atoms with Crippen molar-refractivity contribution in [3.8, 4) is 6.07 Å². The van der Waals surface area contributed by atoms with Crippen LogP contribution in [0.15, 0.2) is 6.07 Å². The van der Waals surface area contributed by atoms with E-state index in [-0.39, 0.29) is 6.04 Å². The normalized spacial score (nSPS) is 12.9. The van der Waals surface area contributed by atoms with Crippen molar-refractivity contribution in [1.82, 2.24) is 5.32 Å². The quantitative estimate of drug-likeness (QED) is 0.829. The third-order valence-corrected chi connectivity index (χ3v) is 3.00. The molecule has 0 aliphatic carbocycles. The number of hydrogen-bond acceptors (Lipinski definition) is 3. The first-order valence-electron chi connectivity index (χ1n) is 4.77. The van der Waals surface area contributed by atoms with Crippen LogP contribution in [0.3, 0.4) is 0 Å². The standard InChI is InChI=1S/C11H16N2S/c1-7(2)13-11(6-12)10-5-8(3)14-9(10)4/h5,7,11,13H,1-4H3. The van der Waals surface area contributed by atoms with Crippen LogP contribution in [0.2, 0.25) is 0 Å². The van der Waals surface area contributed by atoms with Crippen LogP contribution in [-0.2, 0) is 0 Å². The predicted octanol–water partition coefficient (Wildman–Crippen LogP) is 2.93. The van der Waals surface area contributed by atoms with Crippen molar-refractivity contribution in [1.29, 1.82) is 5.26 Å². The number of thiophene rings is 1. The van der Waals surface area contributed by atoms with Gasteiger partial charge in [-0.2, -0.15) is 5.26 Å².